The number of nitrogens with one attached hydrogen (secondary N) is 2. The molecule has 2 aromatic carbocycles. The quantitative estimate of drug-likeness (QED) is 0.704. The van der Waals surface area contributed by atoms with Gasteiger partial charge in [-0.05, 0) is 55.3 Å². The summed E-state index contributed by atoms with van der Waals surface area (Å²) in [7, 11) is -3.81. The van der Waals surface area contributed by atoms with Crippen LogP contribution in [0.5, 0.6) is 0 Å². The number of primary sulfonamides is 1. The summed E-state index contributed by atoms with van der Waals surface area (Å²) in [6.07, 6.45) is 0. The Hall–Kier alpha value is -2.91. The third-order valence-electron chi connectivity index (χ3n) is 4.64. The number of aryl methyl sites for hydroxylation is 1. The molecule has 1 aliphatic heterocycles. The van der Waals surface area contributed by atoms with Crippen LogP contribution >= 0.6 is 0 Å². The van der Waals surface area contributed by atoms with Gasteiger partial charge in [0.25, 0.3) is 5.91 Å². The van der Waals surface area contributed by atoms with Gasteiger partial charge in [0.2, 0.25) is 10.0 Å². The second-order valence-electron chi connectivity index (χ2n) is 6.70. The Bertz CT molecular complexity index is 1040. The van der Waals surface area contributed by atoms with Crippen molar-refractivity contribution in [3.05, 3.63) is 59.2 Å². The summed E-state index contributed by atoms with van der Waals surface area (Å²) in [5, 5.41) is 10.8. The van der Waals surface area contributed by atoms with Crippen molar-refractivity contribution in [3.8, 4) is 0 Å². The van der Waals surface area contributed by atoms with E-state index >= 15 is 0 Å². The van der Waals surface area contributed by atoms with Crippen molar-refractivity contribution in [2.24, 2.45) is 5.14 Å². The molecule has 4 N–H and O–H groups in total. The lowest BCUT2D eigenvalue weighted by Crippen LogP contribution is -2.29. The lowest BCUT2D eigenvalue weighted by Gasteiger charge is -2.19. The highest BCUT2D eigenvalue weighted by Gasteiger charge is 2.23. The zero-order chi connectivity index (χ0) is 20.5. The molecule has 1 aliphatic rings. The number of sulfonamides is 1. The van der Waals surface area contributed by atoms with Gasteiger partial charge in [-0.15, -0.1) is 0 Å². The largest absolute Gasteiger partial charge is 0.346 e. The van der Waals surface area contributed by atoms with E-state index in [4.69, 9.17) is 5.14 Å². The number of amides is 3. The summed E-state index contributed by atoms with van der Waals surface area (Å²) in [6, 6.07) is 10.7. The van der Waals surface area contributed by atoms with E-state index < -0.39 is 16.1 Å². The van der Waals surface area contributed by atoms with E-state index in [0.717, 1.165) is 11.3 Å². The van der Waals surface area contributed by atoms with Crippen molar-refractivity contribution in [1.82, 2.24) is 10.6 Å². The second kappa shape index (κ2) is 7.61. The molecule has 0 bridgehead atoms. The number of urea groups is 1. The lowest BCUT2D eigenvalue weighted by atomic mass is 10.1. The highest BCUT2D eigenvalue weighted by molar-refractivity contribution is 7.89. The predicted molar refractivity (Wildman–Crippen MR) is 106 cm³/mol. The minimum Gasteiger partial charge on any atom is -0.346 e. The molecule has 0 radical (unpaired) electrons. The first kappa shape index (κ1) is 19.8. The van der Waals surface area contributed by atoms with Crippen LogP contribution in [0.3, 0.4) is 0 Å². The first-order valence-electron chi connectivity index (χ1n) is 8.76. The van der Waals surface area contributed by atoms with E-state index in [0.29, 0.717) is 24.2 Å². The molecule has 8 nitrogen and oxygen atoms in total. The van der Waals surface area contributed by atoms with Crippen LogP contribution in [0.4, 0.5) is 10.5 Å². The SMILES string of the molecule is Cc1cc(C(=O)NC(C)c2cccc(S(N)(=O)=O)c2)ccc1N1CCNC1=O. The molecular weight excluding hydrogens is 380 g/mol. The van der Waals surface area contributed by atoms with Crippen molar-refractivity contribution in [1.29, 1.82) is 0 Å². The minimum atomic E-state index is -3.81. The van der Waals surface area contributed by atoms with Crippen LogP contribution in [-0.4, -0.2) is 33.4 Å². The van der Waals surface area contributed by atoms with Crippen LogP contribution < -0.4 is 20.7 Å². The smallest absolute Gasteiger partial charge is 0.322 e. The normalized spacial score (nSPS) is 15.2. The Kier molecular flexibility index (Phi) is 5.39. The molecule has 1 fully saturated rings. The van der Waals surface area contributed by atoms with Gasteiger partial charge in [0.1, 0.15) is 0 Å². The summed E-state index contributed by atoms with van der Waals surface area (Å²) < 4.78 is 23.0. The number of hydrogen-bond donors (Lipinski definition) is 3. The van der Waals surface area contributed by atoms with Gasteiger partial charge in [-0.2, -0.15) is 0 Å². The van der Waals surface area contributed by atoms with Gasteiger partial charge in [0.05, 0.1) is 10.9 Å². The number of benzene rings is 2. The van der Waals surface area contributed by atoms with E-state index in [1.165, 1.54) is 12.1 Å². The molecule has 1 atom stereocenters. The van der Waals surface area contributed by atoms with Crippen LogP contribution in [0, 0.1) is 6.92 Å². The van der Waals surface area contributed by atoms with Crippen molar-refractivity contribution in [2.45, 2.75) is 24.8 Å². The van der Waals surface area contributed by atoms with E-state index in [-0.39, 0.29) is 16.8 Å². The Balaban J connectivity index is 1.76. The average Bonchev–Trinajstić information content (AvgIpc) is 3.06. The first-order valence-corrected chi connectivity index (χ1v) is 10.3. The summed E-state index contributed by atoms with van der Waals surface area (Å²) in [6.45, 7) is 4.78. The van der Waals surface area contributed by atoms with Gasteiger partial charge in [-0.3, -0.25) is 9.69 Å². The van der Waals surface area contributed by atoms with Crippen LogP contribution in [0.1, 0.15) is 34.5 Å². The zero-order valence-corrected chi connectivity index (χ0v) is 16.4. The van der Waals surface area contributed by atoms with Crippen molar-refractivity contribution in [3.63, 3.8) is 0 Å². The molecule has 2 aromatic rings. The summed E-state index contributed by atoms with van der Waals surface area (Å²) in [4.78, 5) is 26.1. The Morgan fingerprint density at radius 1 is 1.25 bits per heavy atom. The highest BCUT2D eigenvalue weighted by atomic mass is 32.2. The van der Waals surface area contributed by atoms with Gasteiger partial charge in [-0.25, -0.2) is 18.4 Å². The number of carbonyl (C=O) groups excluding carboxylic acids is 2. The Morgan fingerprint density at radius 3 is 2.61 bits per heavy atom. The van der Waals surface area contributed by atoms with Crippen LogP contribution in [0.2, 0.25) is 0 Å². The third-order valence-corrected chi connectivity index (χ3v) is 5.55. The monoisotopic (exact) mass is 402 g/mol. The van der Waals surface area contributed by atoms with Gasteiger partial charge < -0.3 is 10.6 Å². The second-order valence-corrected chi connectivity index (χ2v) is 8.26. The van der Waals surface area contributed by atoms with Crippen LogP contribution in [-0.2, 0) is 10.0 Å². The molecule has 148 valence electrons. The fourth-order valence-corrected chi connectivity index (χ4v) is 3.69. The molecule has 0 saturated carbocycles. The summed E-state index contributed by atoms with van der Waals surface area (Å²) in [5.74, 6) is -0.297. The molecule has 0 aliphatic carbocycles. The van der Waals surface area contributed by atoms with Crippen LogP contribution in [0.15, 0.2) is 47.4 Å². The van der Waals surface area contributed by atoms with E-state index in [9.17, 15) is 18.0 Å². The predicted octanol–water partition coefficient (Wildman–Crippen LogP) is 1.66. The maximum absolute atomic E-state index is 12.6. The van der Waals surface area contributed by atoms with Gasteiger partial charge in [0, 0.05) is 24.3 Å². The molecule has 3 rings (SSSR count). The highest BCUT2D eigenvalue weighted by Crippen LogP contribution is 2.23. The number of nitrogens with zero attached hydrogens (tertiary/aromatic N) is 1. The number of hydrogen-bond acceptors (Lipinski definition) is 4. The fourth-order valence-electron chi connectivity index (χ4n) is 3.13. The molecule has 1 unspecified atom stereocenters. The van der Waals surface area contributed by atoms with Gasteiger partial charge >= 0.3 is 6.03 Å². The molecule has 1 heterocycles. The molecule has 0 spiro atoms. The zero-order valence-electron chi connectivity index (χ0n) is 15.6. The van der Waals surface area contributed by atoms with Crippen molar-refractivity contribution in [2.75, 3.05) is 18.0 Å². The molecule has 3 amide bonds. The van der Waals surface area contributed by atoms with Gasteiger partial charge in [0.15, 0.2) is 0 Å². The Morgan fingerprint density at radius 2 is 2.00 bits per heavy atom. The van der Waals surface area contributed by atoms with Crippen LogP contribution in [0.25, 0.3) is 0 Å². The van der Waals surface area contributed by atoms with E-state index in [1.54, 1.807) is 42.2 Å². The topological polar surface area (TPSA) is 122 Å². The number of rotatable bonds is 5. The molecular formula is C19H22N4O4S. The summed E-state index contributed by atoms with van der Waals surface area (Å²) >= 11 is 0. The number of nitrogens with two attached hydrogens (primary N) is 1. The summed E-state index contributed by atoms with van der Waals surface area (Å²) in [5.41, 5.74) is 2.66. The first-order chi connectivity index (χ1) is 13.2. The van der Waals surface area contributed by atoms with Crippen molar-refractivity contribution >= 4 is 27.6 Å². The Labute approximate surface area is 163 Å². The molecule has 28 heavy (non-hydrogen) atoms. The lowest BCUT2D eigenvalue weighted by molar-refractivity contribution is 0.0939. The number of anilines is 1. The van der Waals surface area contributed by atoms with E-state index in [2.05, 4.69) is 10.6 Å². The fraction of sp³-hybridized carbons (Fsp3) is 0.263. The molecule has 9 heteroatoms. The molecule has 0 aromatic heterocycles. The maximum Gasteiger partial charge on any atom is 0.322 e. The minimum absolute atomic E-state index is 0.00446. The maximum atomic E-state index is 12.6. The third kappa shape index (κ3) is 4.15. The molecule has 1 saturated heterocycles. The van der Waals surface area contributed by atoms with Gasteiger partial charge in [-0.1, -0.05) is 12.1 Å². The number of carbonyl (C=O) groups is 2. The average molecular weight is 402 g/mol. The van der Waals surface area contributed by atoms with E-state index in [1.807, 2.05) is 6.92 Å². The standard InChI is InChI=1S/C19H22N4O4S/c1-12-10-15(6-7-17(12)23-9-8-21-19(23)25)18(24)22-13(2)14-4-3-5-16(11-14)28(20,26)27/h3-7,10-11,13H,8-9H2,1-2H3,(H,21,25)(H,22,24)(H2,20,26,27). The van der Waals surface area contributed by atoms with Crippen molar-refractivity contribution < 1.29 is 18.0 Å².